The molecular formula is C15H25N5O2. The van der Waals surface area contributed by atoms with Crippen molar-refractivity contribution in [3.8, 4) is 0 Å². The van der Waals surface area contributed by atoms with Crippen LogP contribution in [0.25, 0.3) is 0 Å². The Morgan fingerprint density at radius 3 is 2.64 bits per heavy atom. The van der Waals surface area contributed by atoms with Crippen molar-refractivity contribution in [1.29, 1.82) is 0 Å². The molecule has 22 heavy (non-hydrogen) atoms. The molecule has 2 heterocycles. The third kappa shape index (κ3) is 3.85. The van der Waals surface area contributed by atoms with E-state index in [0.717, 1.165) is 32.5 Å². The number of aromatic nitrogens is 2. The van der Waals surface area contributed by atoms with E-state index in [2.05, 4.69) is 33.8 Å². The monoisotopic (exact) mass is 307 g/mol. The molecule has 7 nitrogen and oxygen atoms in total. The van der Waals surface area contributed by atoms with Crippen molar-refractivity contribution in [3.05, 3.63) is 18.0 Å². The molecule has 0 bridgehead atoms. The minimum atomic E-state index is -0.460. The number of nitrogens with one attached hydrogen (secondary N) is 2. The third-order valence-electron chi connectivity index (χ3n) is 4.37. The number of nitrogens with zero attached hydrogens (tertiary/aromatic N) is 3. The van der Waals surface area contributed by atoms with Gasteiger partial charge in [-0.3, -0.25) is 19.7 Å². The lowest BCUT2D eigenvalue weighted by molar-refractivity contribution is -0.125. The van der Waals surface area contributed by atoms with Gasteiger partial charge in [0.2, 0.25) is 5.91 Å². The molecule has 122 valence electrons. The van der Waals surface area contributed by atoms with E-state index in [1.165, 1.54) is 12.6 Å². The van der Waals surface area contributed by atoms with Gasteiger partial charge in [-0.25, -0.2) is 4.79 Å². The van der Waals surface area contributed by atoms with Crippen LogP contribution < -0.4 is 10.6 Å². The van der Waals surface area contributed by atoms with E-state index in [9.17, 15) is 9.59 Å². The lowest BCUT2D eigenvalue weighted by atomic mass is 9.91. The molecule has 1 aliphatic heterocycles. The first kappa shape index (κ1) is 16.5. The predicted molar refractivity (Wildman–Crippen MR) is 83.5 cm³/mol. The number of likely N-dealkylation sites (tertiary alicyclic amines) is 1. The van der Waals surface area contributed by atoms with Crippen molar-refractivity contribution in [3.63, 3.8) is 0 Å². The van der Waals surface area contributed by atoms with Crippen molar-refractivity contribution >= 4 is 11.9 Å². The fourth-order valence-electron chi connectivity index (χ4n) is 2.83. The number of hydrogen-bond acceptors (Lipinski definition) is 4. The number of aryl methyl sites for hydroxylation is 1. The summed E-state index contributed by atoms with van der Waals surface area (Å²) in [4.78, 5) is 25.3. The number of carbonyl (C=O) groups is 2. The minimum absolute atomic E-state index is 0.253. The van der Waals surface area contributed by atoms with Crippen LogP contribution in [0.2, 0.25) is 0 Å². The molecule has 1 aromatic rings. The quantitative estimate of drug-likeness (QED) is 0.867. The summed E-state index contributed by atoms with van der Waals surface area (Å²) in [6.07, 6.45) is 6.08. The van der Waals surface area contributed by atoms with Crippen molar-refractivity contribution in [2.24, 2.45) is 0 Å². The molecule has 1 fully saturated rings. The molecular weight excluding hydrogens is 282 g/mol. The highest BCUT2D eigenvalue weighted by Gasteiger charge is 2.28. The molecule has 0 spiro atoms. The first-order chi connectivity index (χ1) is 10.5. The van der Waals surface area contributed by atoms with Crippen molar-refractivity contribution in [2.75, 3.05) is 20.1 Å². The van der Waals surface area contributed by atoms with E-state index in [4.69, 9.17) is 0 Å². The third-order valence-corrected chi connectivity index (χ3v) is 4.37. The second-order valence-corrected chi connectivity index (χ2v) is 5.68. The Balaban J connectivity index is 1.86. The molecule has 7 heteroatoms. The summed E-state index contributed by atoms with van der Waals surface area (Å²) in [5.74, 6) is 0.252. The minimum Gasteiger partial charge on any atom is -0.341 e. The molecule has 0 saturated carbocycles. The van der Waals surface area contributed by atoms with E-state index in [1.807, 2.05) is 17.8 Å². The van der Waals surface area contributed by atoms with Gasteiger partial charge in [0.05, 0.1) is 12.2 Å². The van der Waals surface area contributed by atoms with Gasteiger partial charge in [0.15, 0.2) is 0 Å². The number of urea groups is 1. The van der Waals surface area contributed by atoms with Gasteiger partial charge < -0.3 is 5.32 Å². The summed E-state index contributed by atoms with van der Waals surface area (Å²) < 4.78 is 1.95. The number of amides is 3. The van der Waals surface area contributed by atoms with E-state index in [-0.39, 0.29) is 11.9 Å². The van der Waals surface area contributed by atoms with Crippen LogP contribution >= 0.6 is 0 Å². The zero-order valence-electron chi connectivity index (χ0n) is 13.5. The summed E-state index contributed by atoms with van der Waals surface area (Å²) in [6.45, 7) is 6.50. The second kappa shape index (κ2) is 7.40. The maximum Gasteiger partial charge on any atom is 0.321 e. The number of imide groups is 1. The molecule has 1 atom stereocenters. The summed E-state index contributed by atoms with van der Waals surface area (Å²) in [7, 11) is 1.50. The summed E-state index contributed by atoms with van der Waals surface area (Å²) in [6, 6.07) is -0.754. The highest BCUT2D eigenvalue weighted by molar-refractivity contribution is 5.96. The number of piperidine rings is 1. The van der Waals surface area contributed by atoms with E-state index >= 15 is 0 Å². The van der Waals surface area contributed by atoms with Crippen LogP contribution in [0.3, 0.4) is 0 Å². The van der Waals surface area contributed by atoms with Gasteiger partial charge in [-0.1, -0.05) is 0 Å². The highest BCUT2D eigenvalue weighted by atomic mass is 16.2. The van der Waals surface area contributed by atoms with Gasteiger partial charge in [0, 0.05) is 19.8 Å². The largest absolute Gasteiger partial charge is 0.341 e. The van der Waals surface area contributed by atoms with E-state index in [0.29, 0.717) is 5.92 Å². The average molecular weight is 307 g/mol. The zero-order chi connectivity index (χ0) is 16.1. The normalized spacial score (nSPS) is 18.0. The van der Waals surface area contributed by atoms with Crippen LogP contribution in [0.1, 0.15) is 38.2 Å². The SMILES string of the molecule is CCn1cc(C2CCN([C@@H](C)C(=O)NC(=O)NC)CC2)cn1. The lowest BCUT2D eigenvalue weighted by Crippen LogP contribution is -2.50. The maximum atomic E-state index is 12.0. The van der Waals surface area contributed by atoms with Crippen LogP contribution in [0, 0.1) is 0 Å². The molecule has 2 N–H and O–H groups in total. The number of hydrogen-bond donors (Lipinski definition) is 2. The Bertz CT molecular complexity index is 520. The maximum absolute atomic E-state index is 12.0. The van der Waals surface area contributed by atoms with Crippen LogP contribution in [0.15, 0.2) is 12.4 Å². The molecule has 1 aromatic heterocycles. The van der Waals surface area contributed by atoms with Crippen molar-refractivity contribution in [2.45, 2.75) is 45.2 Å². The Kier molecular flexibility index (Phi) is 5.54. The van der Waals surface area contributed by atoms with Crippen LogP contribution in [0.4, 0.5) is 4.79 Å². The summed E-state index contributed by atoms with van der Waals surface area (Å²) in [5.41, 5.74) is 1.28. The molecule has 2 rings (SSSR count). The smallest absolute Gasteiger partial charge is 0.321 e. The standard InChI is InChI=1S/C15H25N5O2/c1-4-20-10-13(9-17-20)12-5-7-19(8-6-12)11(2)14(21)18-15(22)16-3/h9-12H,4-8H2,1-3H3,(H2,16,18,21,22)/t11-/m0/s1. The molecule has 0 aliphatic carbocycles. The zero-order valence-corrected chi connectivity index (χ0v) is 13.5. The van der Waals surface area contributed by atoms with Gasteiger partial charge >= 0.3 is 6.03 Å². The van der Waals surface area contributed by atoms with Crippen molar-refractivity contribution < 1.29 is 9.59 Å². The Hall–Kier alpha value is -1.89. The molecule has 0 aromatic carbocycles. The van der Waals surface area contributed by atoms with Gasteiger partial charge in [-0.2, -0.15) is 5.10 Å². The number of carbonyl (C=O) groups excluding carboxylic acids is 2. The lowest BCUT2D eigenvalue weighted by Gasteiger charge is -2.34. The predicted octanol–water partition coefficient (Wildman–Crippen LogP) is 0.927. The summed E-state index contributed by atoms with van der Waals surface area (Å²) >= 11 is 0. The molecule has 1 aliphatic rings. The van der Waals surface area contributed by atoms with Gasteiger partial charge in [0.25, 0.3) is 0 Å². The molecule has 0 radical (unpaired) electrons. The van der Waals surface area contributed by atoms with Crippen LogP contribution in [-0.4, -0.2) is 52.8 Å². The van der Waals surface area contributed by atoms with Gasteiger partial charge in [-0.15, -0.1) is 0 Å². The van der Waals surface area contributed by atoms with Gasteiger partial charge in [0.1, 0.15) is 0 Å². The van der Waals surface area contributed by atoms with Crippen LogP contribution in [0.5, 0.6) is 0 Å². The molecule has 3 amide bonds. The Morgan fingerprint density at radius 1 is 1.41 bits per heavy atom. The molecule has 1 saturated heterocycles. The fraction of sp³-hybridized carbons (Fsp3) is 0.667. The second-order valence-electron chi connectivity index (χ2n) is 5.68. The van der Waals surface area contributed by atoms with E-state index < -0.39 is 6.03 Å². The van der Waals surface area contributed by atoms with Gasteiger partial charge in [-0.05, 0) is 51.3 Å². The fourth-order valence-corrected chi connectivity index (χ4v) is 2.83. The van der Waals surface area contributed by atoms with E-state index in [1.54, 1.807) is 0 Å². The van der Waals surface area contributed by atoms with Crippen LogP contribution in [-0.2, 0) is 11.3 Å². The first-order valence-electron chi connectivity index (χ1n) is 7.84. The topological polar surface area (TPSA) is 79.3 Å². The Morgan fingerprint density at radius 2 is 2.09 bits per heavy atom. The first-order valence-corrected chi connectivity index (χ1v) is 7.84. The number of rotatable bonds is 4. The summed E-state index contributed by atoms with van der Waals surface area (Å²) in [5, 5.41) is 9.06. The highest BCUT2D eigenvalue weighted by Crippen LogP contribution is 2.28. The Labute approximate surface area is 131 Å². The van der Waals surface area contributed by atoms with Crippen molar-refractivity contribution in [1.82, 2.24) is 25.3 Å². The molecule has 0 unspecified atom stereocenters. The average Bonchev–Trinajstić information content (AvgIpc) is 3.03.